The molecule has 0 bridgehead atoms. The van der Waals surface area contributed by atoms with Gasteiger partial charge in [-0.25, -0.2) is 0 Å². The lowest BCUT2D eigenvalue weighted by Crippen LogP contribution is -2.41. The van der Waals surface area contributed by atoms with Crippen LogP contribution in [0.25, 0.3) is 0 Å². The molecule has 1 aliphatic carbocycles. The zero-order valence-electron chi connectivity index (χ0n) is 10.0. The maximum atomic E-state index is 11.6. The maximum absolute atomic E-state index is 11.6. The molecule has 2 N–H and O–H groups in total. The van der Waals surface area contributed by atoms with Crippen molar-refractivity contribution in [2.75, 3.05) is 0 Å². The first-order valence-electron chi connectivity index (χ1n) is 6.00. The van der Waals surface area contributed by atoms with Gasteiger partial charge in [-0.1, -0.05) is 13.3 Å². The molecule has 2 unspecified atom stereocenters. The first-order valence-corrected chi connectivity index (χ1v) is 6.00. The monoisotopic (exact) mass is 227 g/mol. The Kier molecular flexibility index (Phi) is 4.77. The first-order chi connectivity index (χ1) is 7.49. The number of amides is 1. The zero-order valence-corrected chi connectivity index (χ0v) is 10.0. The second-order valence-electron chi connectivity index (χ2n) is 4.95. The average molecular weight is 227 g/mol. The van der Waals surface area contributed by atoms with Gasteiger partial charge in [-0.2, -0.15) is 0 Å². The highest BCUT2D eigenvalue weighted by Crippen LogP contribution is 2.29. The van der Waals surface area contributed by atoms with Gasteiger partial charge in [-0.15, -0.1) is 0 Å². The molecule has 0 radical (unpaired) electrons. The smallest absolute Gasteiger partial charge is 0.303 e. The SMILES string of the molecule is CC(CC(=O)O)CC(=O)NC(C)C1CCC1. The second kappa shape index (κ2) is 5.87. The summed E-state index contributed by atoms with van der Waals surface area (Å²) in [7, 11) is 0. The van der Waals surface area contributed by atoms with E-state index in [4.69, 9.17) is 5.11 Å². The Bertz CT molecular complexity index is 261. The standard InChI is InChI=1S/C12H21NO3/c1-8(7-12(15)16)6-11(14)13-9(2)10-4-3-5-10/h8-10H,3-7H2,1-2H3,(H,13,14)(H,15,16). The molecule has 0 aromatic carbocycles. The topological polar surface area (TPSA) is 66.4 Å². The number of carboxylic acid groups (broad SMARTS) is 1. The second-order valence-corrected chi connectivity index (χ2v) is 4.95. The van der Waals surface area contributed by atoms with Gasteiger partial charge in [0.25, 0.3) is 0 Å². The van der Waals surface area contributed by atoms with E-state index in [9.17, 15) is 9.59 Å². The van der Waals surface area contributed by atoms with E-state index in [1.807, 2.05) is 6.92 Å². The third kappa shape index (κ3) is 4.21. The Morgan fingerprint density at radius 3 is 2.38 bits per heavy atom. The number of hydrogen-bond donors (Lipinski definition) is 2. The fourth-order valence-electron chi connectivity index (χ4n) is 2.06. The summed E-state index contributed by atoms with van der Waals surface area (Å²) in [5.74, 6) is -0.328. The van der Waals surface area contributed by atoms with Crippen LogP contribution in [0.4, 0.5) is 0 Å². The van der Waals surface area contributed by atoms with E-state index in [1.165, 1.54) is 19.3 Å². The van der Waals surface area contributed by atoms with Crippen molar-refractivity contribution in [3.63, 3.8) is 0 Å². The van der Waals surface area contributed by atoms with Crippen molar-refractivity contribution in [3.8, 4) is 0 Å². The third-order valence-electron chi connectivity index (χ3n) is 3.30. The van der Waals surface area contributed by atoms with Crippen LogP contribution in [0, 0.1) is 11.8 Å². The van der Waals surface area contributed by atoms with Gasteiger partial charge >= 0.3 is 5.97 Å². The van der Waals surface area contributed by atoms with E-state index in [0.717, 1.165) is 0 Å². The van der Waals surface area contributed by atoms with Crippen LogP contribution in [0.3, 0.4) is 0 Å². The maximum Gasteiger partial charge on any atom is 0.303 e. The summed E-state index contributed by atoms with van der Waals surface area (Å²) < 4.78 is 0. The predicted octanol–water partition coefficient (Wildman–Crippen LogP) is 1.79. The van der Waals surface area contributed by atoms with Gasteiger partial charge in [-0.05, 0) is 31.6 Å². The van der Waals surface area contributed by atoms with Crippen LogP contribution < -0.4 is 5.32 Å². The fraction of sp³-hybridized carbons (Fsp3) is 0.833. The largest absolute Gasteiger partial charge is 0.481 e. The Balaban J connectivity index is 2.21. The number of carboxylic acids is 1. The van der Waals surface area contributed by atoms with Crippen molar-refractivity contribution in [2.24, 2.45) is 11.8 Å². The highest BCUT2D eigenvalue weighted by atomic mass is 16.4. The Labute approximate surface area is 96.4 Å². The van der Waals surface area contributed by atoms with Crippen molar-refractivity contribution >= 4 is 11.9 Å². The van der Waals surface area contributed by atoms with Crippen molar-refractivity contribution in [1.82, 2.24) is 5.32 Å². The lowest BCUT2D eigenvalue weighted by molar-refractivity contribution is -0.138. The molecule has 1 fully saturated rings. The molecule has 1 saturated carbocycles. The number of nitrogens with one attached hydrogen (secondary N) is 1. The molecule has 0 saturated heterocycles. The molecule has 0 aromatic rings. The molecule has 16 heavy (non-hydrogen) atoms. The van der Waals surface area contributed by atoms with E-state index in [-0.39, 0.29) is 24.3 Å². The minimum atomic E-state index is -0.840. The van der Waals surface area contributed by atoms with Crippen LogP contribution in [0.1, 0.15) is 46.0 Å². The van der Waals surface area contributed by atoms with Crippen molar-refractivity contribution < 1.29 is 14.7 Å². The lowest BCUT2D eigenvalue weighted by atomic mass is 9.80. The van der Waals surface area contributed by atoms with Gasteiger partial charge in [0.05, 0.1) is 0 Å². The molecule has 0 spiro atoms. The molecular formula is C12H21NO3. The predicted molar refractivity (Wildman–Crippen MR) is 61.0 cm³/mol. The minimum Gasteiger partial charge on any atom is -0.481 e. The van der Waals surface area contributed by atoms with Gasteiger partial charge in [0.1, 0.15) is 0 Å². The Hall–Kier alpha value is -1.06. The van der Waals surface area contributed by atoms with Crippen molar-refractivity contribution in [2.45, 2.75) is 52.0 Å². The van der Waals surface area contributed by atoms with Crippen LogP contribution in [0.5, 0.6) is 0 Å². The number of rotatable bonds is 6. The lowest BCUT2D eigenvalue weighted by Gasteiger charge is -2.32. The highest BCUT2D eigenvalue weighted by Gasteiger charge is 2.25. The van der Waals surface area contributed by atoms with Crippen LogP contribution in [0.2, 0.25) is 0 Å². The van der Waals surface area contributed by atoms with E-state index in [0.29, 0.717) is 12.3 Å². The van der Waals surface area contributed by atoms with E-state index < -0.39 is 5.97 Å². The number of aliphatic carboxylic acids is 1. The van der Waals surface area contributed by atoms with Gasteiger partial charge < -0.3 is 10.4 Å². The minimum absolute atomic E-state index is 0.0202. The third-order valence-corrected chi connectivity index (χ3v) is 3.30. The molecule has 0 aromatic heterocycles. The summed E-state index contributed by atoms with van der Waals surface area (Å²) in [5.41, 5.74) is 0. The van der Waals surface area contributed by atoms with Crippen LogP contribution >= 0.6 is 0 Å². The van der Waals surface area contributed by atoms with Crippen LogP contribution in [-0.4, -0.2) is 23.0 Å². The molecule has 0 heterocycles. The summed E-state index contributed by atoms with van der Waals surface area (Å²) >= 11 is 0. The van der Waals surface area contributed by atoms with Gasteiger partial charge in [0.15, 0.2) is 0 Å². The van der Waals surface area contributed by atoms with Crippen LogP contribution in [-0.2, 0) is 9.59 Å². The van der Waals surface area contributed by atoms with E-state index >= 15 is 0 Å². The molecule has 2 atom stereocenters. The fourth-order valence-corrected chi connectivity index (χ4v) is 2.06. The summed E-state index contributed by atoms with van der Waals surface area (Å²) in [6.07, 6.45) is 4.03. The van der Waals surface area contributed by atoms with E-state index in [1.54, 1.807) is 6.92 Å². The van der Waals surface area contributed by atoms with Gasteiger partial charge in [0.2, 0.25) is 5.91 Å². The Morgan fingerprint density at radius 2 is 1.94 bits per heavy atom. The summed E-state index contributed by atoms with van der Waals surface area (Å²) in [5, 5.41) is 11.5. The molecule has 4 heteroatoms. The number of carbonyl (C=O) groups excluding carboxylic acids is 1. The highest BCUT2D eigenvalue weighted by molar-refractivity contribution is 5.77. The Morgan fingerprint density at radius 1 is 1.31 bits per heavy atom. The number of hydrogen-bond acceptors (Lipinski definition) is 2. The van der Waals surface area contributed by atoms with E-state index in [2.05, 4.69) is 5.32 Å². The first kappa shape index (κ1) is 13.0. The molecular weight excluding hydrogens is 206 g/mol. The summed E-state index contributed by atoms with van der Waals surface area (Å²) in [6.45, 7) is 3.82. The zero-order chi connectivity index (χ0) is 12.1. The van der Waals surface area contributed by atoms with Gasteiger partial charge in [-0.3, -0.25) is 9.59 Å². The van der Waals surface area contributed by atoms with Crippen molar-refractivity contribution in [1.29, 1.82) is 0 Å². The molecule has 1 aliphatic rings. The molecule has 4 nitrogen and oxygen atoms in total. The quantitative estimate of drug-likeness (QED) is 0.727. The average Bonchev–Trinajstić information content (AvgIpc) is 1.96. The molecule has 0 aliphatic heterocycles. The summed E-state index contributed by atoms with van der Waals surface area (Å²) in [4.78, 5) is 22.0. The summed E-state index contributed by atoms with van der Waals surface area (Å²) in [6, 6.07) is 0.235. The normalized spacial score (nSPS) is 19.6. The molecule has 92 valence electrons. The molecule has 1 rings (SSSR count). The molecule has 1 amide bonds. The van der Waals surface area contributed by atoms with Gasteiger partial charge in [0, 0.05) is 18.9 Å². The van der Waals surface area contributed by atoms with Crippen LogP contribution in [0.15, 0.2) is 0 Å². The van der Waals surface area contributed by atoms with Crippen molar-refractivity contribution in [3.05, 3.63) is 0 Å². The number of carbonyl (C=O) groups is 2.